The van der Waals surface area contributed by atoms with Crippen LogP contribution in [-0.4, -0.2) is 33.3 Å². The SMILES string of the molecule is COc1cc(OSc2ccc(N3CCNC3=O)cc2)cc(C)c1OC. The molecule has 2 aromatic rings. The average molecular weight is 360 g/mol. The molecule has 0 saturated carbocycles. The molecule has 0 aliphatic carbocycles. The molecule has 0 aromatic heterocycles. The van der Waals surface area contributed by atoms with Gasteiger partial charge in [0.1, 0.15) is 5.75 Å². The number of benzene rings is 2. The van der Waals surface area contributed by atoms with Gasteiger partial charge in [0.2, 0.25) is 0 Å². The molecule has 2 amide bonds. The minimum atomic E-state index is -0.0579. The number of ether oxygens (including phenoxy) is 2. The lowest BCUT2D eigenvalue weighted by Gasteiger charge is -2.15. The highest BCUT2D eigenvalue weighted by Crippen LogP contribution is 2.37. The van der Waals surface area contributed by atoms with Crippen molar-refractivity contribution in [3.05, 3.63) is 42.0 Å². The smallest absolute Gasteiger partial charge is 0.321 e. The number of amides is 2. The second kappa shape index (κ2) is 7.57. The van der Waals surface area contributed by atoms with Crippen LogP contribution in [0, 0.1) is 6.92 Å². The van der Waals surface area contributed by atoms with E-state index in [1.54, 1.807) is 25.2 Å². The number of nitrogens with zero attached hydrogens (tertiary/aromatic N) is 1. The van der Waals surface area contributed by atoms with Crippen molar-refractivity contribution < 1.29 is 18.5 Å². The molecule has 1 aliphatic heterocycles. The molecule has 0 radical (unpaired) electrons. The fourth-order valence-electron chi connectivity index (χ4n) is 2.67. The number of anilines is 1. The van der Waals surface area contributed by atoms with E-state index in [0.717, 1.165) is 16.1 Å². The standard InChI is InChI=1S/C18H20N2O4S/c1-12-10-14(11-16(22-2)17(12)23-3)24-25-15-6-4-13(5-7-15)20-9-8-19-18(20)21/h4-7,10-11H,8-9H2,1-3H3,(H,19,21). The second-order valence-electron chi connectivity index (χ2n) is 5.52. The Bertz CT molecular complexity index is 764. The van der Waals surface area contributed by atoms with E-state index < -0.39 is 0 Å². The summed E-state index contributed by atoms with van der Waals surface area (Å²) in [5.74, 6) is 2.02. The molecule has 7 heteroatoms. The van der Waals surface area contributed by atoms with Crippen molar-refractivity contribution in [2.75, 3.05) is 32.2 Å². The van der Waals surface area contributed by atoms with E-state index in [2.05, 4.69) is 5.32 Å². The van der Waals surface area contributed by atoms with Gasteiger partial charge >= 0.3 is 6.03 Å². The third kappa shape index (κ3) is 3.76. The van der Waals surface area contributed by atoms with Crippen LogP contribution in [0.2, 0.25) is 0 Å². The van der Waals surface area contributed by atoms with Gasteiger partial charge in [-0.2, -0.15) is 0 Å². The lowest BCUT2D eigenvalue weighted by atomic mass is 10.2. The van der Waals surface area contributed by atoms with Gasteiger partial charge < -0.3 is 19.0 Å². The van der Waals surface area contributed by atoms with E-state index in [9.17, 15) is 4.79 Å². The third-order valence-corrected chi connectivity index (χ3v) is 4.62. The van der Waals surface area contributed by atoms with Crippen molar-refractivity contribution in [1.29, 1.82) is 0 Å². The molecule has 132 valence electrons. The minimum Gasteiger partial charge on any atom is -0.493 e. The zero-order chi connectivity index (χ0) is 17.8. The van der Waals surface area contributed by atoms with Crippen LogP contribution in [0.1, 0.15) is 5.56 Å². The lowest BCUT2D eigenvalue weighted by Crippen LogP contribution is -2.27. The highest BCUT2D eigenvalue weighted by molar-refractivity contribution is 7.95. The fraction of sp³-hybridized carbons (Fsp3) is 0.278. The van der Waals surface area contributed by atoms with Crippen LogP contribution in [-0.2, 0) is 0 Å². The molecule has 1 aliphatic rings. The molecular formula is C18H20N2O4S. The molecule has 0 unspecified atom stereocenters. The number of nitrogens with one attached hydrogen (secondary N) is 1. The number of carbonyl (C=O) groups excluding carboxylic acids is 1. The van der Waals surface area contributed by atoms with Gasteiger partial charge in [0.25, 0.3) is 0 Å². The predicted octanol–water partition coefficient (Wildman–Crippen LogP) is 3.63. The highest BCUT2D eigenvalue weighted by Gasteiger charge is 2.20. The summed E-state index contributed by atoms with van der Waals surface area (Å²) in [6.07, 6.45) is 0. The van der Waals surface area contributed by atoms with Gasteiger partial charge in [-0.15, -0.1) is 0 Å². The van der Waals surface area contributed by atoms with Crippen LogP contribution in [0.5, 0.6) is 17.2 Å². The summed E-state index contributed by atoms with van der Waals surface area (Å²) in [4.78, 5) is 14.3. The molecule has 0 atom stereocenters. The van der Waals surface area contributed by atoms with E-state index in [1.807, 2.05) is 37.3 Å². The molecule has 0 bridgehead atoms. The number of methoxy groups -OCH3 is 2. The Morgan fingerprint density at radius 3 is 2.48 bits per heavy atom. The maximum atomic E-state index is 11.7. The van der Waals surface area contributed by atoms with E-state index >= 15 is 0 Å². The molecule has 25 heavy (non-hydrogen) atoms. The topological polar surface area (TPSA) is 60.0 Å². The Kier molecular flexibility index (Phi) is 5.23. The summed E-state index contributed by atoms with van der Waals surface area (Å²) >= 11 is 1.25. The molecule has 1 saturated heterocycles. The Labute approximate surface area is 151 Å². The maximum absolute atomic E-state index is 11.7. The van der Waals surface area contributed by atoms with Crippen LogP contribution < -0.4 is 23.9 Å². The zero-order valence-electron chi connectivity index (χ0n) is 14.4. The summed E-state index contributed by atoms with van der Waals surface area (Å²) in [5, 5.41) is 2.79. The van der Waals surface area contributed by atoms with E-state index in [4.69, 9.17) is 13.7 Å². The van der Waals surface area contributed by atoms with Gasteiger partial charge in [0, 0.05) is 29.7 Å². The summed E-state index contributed by atoms with van der Waals surface area (Å²) < 4.78 is 16.5. The lowest BCUT2D eigenvalue weighted by molar-refractivity contribution is 0.252. The Morgan fingerprint density at radius 1 is 1.12 bits per heavy atom. The van der Waals surface area contributed by atoms with Crippen molar-refractivity contribution >= 4 is 23.8 Å². The fourth-order valence-corrected chi connectivity index (χ4v) is 3.20. The average Bonchev–Trinajstić information content (AvgIpc) is 3.05. The summed E-state index contributed by atoms with van der Waals surface area (Å²) in [6.45, 7) is 3.30. The minimum absolute atomic E-state index is 0.0579. The summed E-state index contributed by atoms with van der Waals surface area (Å²) in [6, 6.07) is 11.3. The third-order valence-electron chi connectivity index (χ3n) is 3.88. The van der Waals surface area contributed by atoms with Crippen LogP contribution in [0.4, 0.5) is 10.5 Å². The van der Waals surface area contributed by atoms with Crippen molar-refractivity contribution in [2.24, 2.45) is 0 Å². The van der Waals surface area contributed by atoms with Gasteiger partial charge in [-0.05, 0) is 42.8 Å². The number of aryl methyl sites for hydroxylation is 1. The molecule has 3 rings (SSSR count). The Morgan fingerprint density at radius 2 is 1.88 bits per heavy atom. The Hall–Kier alpha value is -2.54. The summed E-state index contributed by atoms with van der Waals surface area (Å²) in [7, 11) is 3.21. The van der Waals surface area contributed by atoms with Crippen molar-refractivity contribution in [1.82, 2.24) is 5.32 Å². The van der Waals surface area contributed by atoms with Gasteiger partial charge in [-0.1, -0.05) is 0 Å². The van der Waals surface area contributed by atoms with Crippen molar-refractivity contribution in [3.63, 3.8) is 0 Å². The van der Waals surface area contributed by atoms with Crippen LogP contribution >= 0.6 is 12.0 Å². The van der Waals surface area contributed by atoms with E-state index in [-0.39, 0.29) is 6.03 Å². The largest absolute Gasteiger partial charge is 0.493 e. The quantitative estimate of drug-likeness (QED) is 0.797. The van der Waals surface area contributed by atoms with E-state index in [1.165, 1.54) is 12.0 Å². The number of carbonyl (C=O) groups is 1. The predicted molar refractivity (Wildman–Crippen MR) is 98.0 cm³/mol. The monoisotopic (exact) mass is 360 g/mol. The molecule has 0 spiro atoms. The van der Waals surface area contributed by atoms with Crippen LogP contribution in [0.15, 0.2) is 41.3 Å². The molecule has 2 aromatic carbocycles. The number of hydrogen-bond acceptors (Lipinski definition) is 5. The van der Waals surface area contributed by atoms with Crippen molar-refractivity contribution in [3.8, 4) is 17.2 Å². The highest BCUT2D eigenvalue weighted by atomic mass is 32.2. The van der Waals surface area contributed by atoms with Gasteiger partial charge in [0.05, 0.1) is 26.3 Å². The first-order chi connectivity index (χ1) is 12.1. The number of hydrogen-bond donors (Lipinski definition) is 1. The first-order valence-electron chi connectivity index (χ1n) is 7.85. The van der Waals surface area contributed by atoms with Gasteiger partial charge in [0.15, 0.2) is 11.5 Å². The van der Waals surface area contributed by atoms with E-state index in [0.29, 0.717) is 30.3 Å². The molecule has 1 N–H and O–H groups in total. The number of urea groups is 1. The molecular weight excluding hydrogens is 340 g/mol. The normalized spacial score (nSPS) is 13.6. The van der Waals surface area contributed by atoms with Crippen molar-refractivity contribution in [2.45, 2.75) is 11.8 Å². The van der Waals surface area contributed by atoms with Gasteiger partial charge in [-0.25, -0.2) is 4.79 Å². The van der Waals surface area contributed by atoms with Crippen LogP contribution in [0.25, 0.3) is 0 Å². The number of rotatable bonds is 6. The second-order valence-corrected chi connectivity index (χ2v) is 6.32. The maximum Gasteiger partial charge on any atom is 0.321 e. The first-order valence-corrected chi connectivity index (χ1v) is 8.59. The zero-order valence-corrected chi connectivity index (χ0v) is 15.2. The van der Waals surface area contributed by atoms with Gasteiger partial charge in [-0.3, -0.25) is 4.90 Å². The van der Waals surface area contributed by atoms with Crippen LogP contribution in [0.3, 0.4) is 0 Å². The molecule has 6 nitrogen and oxygen atoms in total. The first kappa shape index (κ1) is 17.3. The Balaban J connectivity index is 1.67. The molecule has 1 heterocycles. The molecule has 1 fully saturated rings. The summed E-state index contributed by atoms with van der Waals surface area (Å²) in [5.41, 5.74) is 1.81.